The number of nitrogens with one attached hydrogen (secondary N) is 1. The highest BCUT2D eigenvalue weighted by Crippen LogP contribution is 2.22. The molecule has 0 aliphatic carbocycles. The zero-order valence-corrected chi connectivity index (χ0v) is 12.3. The fourth-order valence-electron chi connectivity index (χ4n) is 2.38. The molecule has 1 fully saturated rings. The number of likely N-dealkylation sites (tertiary alicyclic amines) is 1. The van der Waals surface area contributed by atoms with Crippen LogP contribution >= 0.6 is 0 Å². The molecule has 0 radical (unpaired) electrons. The number of rotatable bonds is 4. The van der Waals surface area contributed by atoms with Gasteiger partial charge >= 0.3 is 12.0 Å². The first-order valence-corrected chi connectivity index (χ1v) is 7.09. The number of urea groups is 1. The lowest BCUT2D eigenvalue weighted by Crippen LogP contribution is -2.51. The molecule has 0 aromatic heterocycles. The van der Waals surface area contributed by atoms with E-state index in [0.29, 0.717) is 31.3 Å². The smallest absolute Gasteiger partial charge is 0.326 e. The predicted molar refractivity (Wildman–Crippen MR) is 73.9 cm³/mol. The fourth-order valence-corrected chi connectivity index (χ4v) is 2.38. The van der Waals surface area contributed by atoms with Crippen LogP contribution in [0.3, 0.4) is 0 Å². The van der Waals surface area contributed by atoms with E-state index >= 15 is 0 Å². The average molecular weight is 270 g/mol. The van der Waals surface area contributed by atoms with Gasteiger partial charge in [-0.3, -0.25) is 0 Å². The first kappa shape index (κ1) is 15.8. The lowest BCUT2D eigenvalue weighted by atomic mass is 9.89. The molecular weight excluding hydrogens is 244 g/mol. The van der Waals surface area contributed by atoms with Gasteiger partial charge in [-0.15, -0.1) is 0 Å². The number of carbonyl (C=O) groups is 2. The molecule has 0 aromatic rings. The van der Waals surface area contributed by atoms with Crippen LogP contribution in [-0.2, 0) is 4.79 Å². The molecule has 2 unspecified atom stereocenters. The first-order valence-electron chi connectivity index (χ1n) is 7.09. The summed E-state index contributed by atoms with van der Waals surface area (Å²) in [7, 11) is 0. The van der Waals surface area contributed by atoms with Gasteiger partial charge in [0, 0.05) is 13.1 Å². The Balaban J connectivity index is 2.55. The Labute approximate surface area is 115 Å². The average Bonchev–Trinajstić information content (AvgIpc) is 2.31. The molecule has 2 amide bonds. The third kappa shape index (κ3) is 4.73. The van der Waals surface area contributed by atoms with E-state index < -0.39 is 12.0 Å². The zero-order chi connectivity index (χ0) is 14.6. The second kappa shape index (κ2) is 6.78. The minimum absolute atomic E-state index is 0.238. The van der Waals surface area contributed by atoms with Crippen molar-refractivity contribution in [2.24, 2.45) is 17.8 Å². The molecule has 19 heavy (non-hydrogen) atoms. The van der Waals surface area contributed by atoms with Crippen LogP contribution in [-0.4, -0.2) is 41.1 Å². The van der Waals surface area contributed by atoms with E-state index in [0.717, 1.165) is 6.42 Å². The molecule has 5 heteroatoms. The summed E-state index contributed by atoms with van der Waals surface area (Å²) in [4.78, 5) is 25.0. The number of carboxylic acid groups (broad SMARTS) is 1. The van der Waals surface area contributed by atoms with E-state index in [4.69, 9.17) is 5.11 Å². The number of amides is 2. The molecule has 1 saturated heterocycles. The quantitative estimate of drug-likeness (QED) is 0.822. The van der Waals surface area contributed by atoms with E-state index in [-0.39, 0.29) is 11.9 Å². The highest BCUT2D eigenvalue weighted by Gasteiger charge is 2.28. The van der Waals surface area contributed by atoms with E-state index in [9.17, 15) is 9.59 Å². The molecule has 0 aromatic carbocycles. The molecule has 1 aliphatic heterocycles. The molecular formula is C14H26N2O3. The van der Waals surface area contributed by atoms with Gasteiger partial charge in [0.15, 0.2) is 0 Å². The Morgan fingerprint density at radius 1 is 1.32 bits per heavy atom. The summed E-state index contributed by atoms with van der Waals surface area (Å²) in [6.07, 6.45) is 1.44. The summed E-state index contributed by atoms with van der Waals surface area (Å²) in [6, 6.07) is -1.03. The van der Waals surface area contributed by atoms with Crippen LogP contribution < -0.4 is 5.32 Å². The normalized spacial score (nSPS) is 25.2. The third-order valence-corrected chi connectivity index (χ3v) is 3.92. The van der Waals surface area contributed by atoms with Gasteiger partial charge in [0.05, 0.1) is 0 Å². The lowest BCUT2D eigenvalue weighted by Gasteiger charge is -2.35. The summed E-state index contributed by atoms with van der Waals surface area (Å²) in [6.45, 7) is 9.65. The van der Waals surface area contributed by atoms with Crippen molar-refractivity contribution in [1.82, 2.24) is 10.2 Å². The number of nitrogens with zero attached hydrogens (tertiary/aromatic N) is 1. The van der Waals surface area contributed by atoms with Crippen molar-refractivity contribution in [1.29, 1.82) is 0 Å². The third-order valence-electron chi connectivity index (χ3n) is 3.92. The van der Waals surface area contributed by atoms with Crippen LogP contribution in [0.2, 0.25) is 0 Å². The molecule has 0 saturated carbocycles. The molecule has 0 bridgehead atoms. The van der Waals surface area contributed by atoms with Crippen LogP contribution in [0.25, 0.3) is 0 Å². The van der Waals surface area contributed by atoms with Crippen molar-refractivity contribution in [2.75, 3.05) is 13.1 Å². The van der Waals surface area contributed by atoms with Crippen molar-refractivity contribution >= 4 is 12.0 Å². The second-order valence-corrected chi connectivity index (χ2v) is 6.16. The lowest BCUT2D eigenvalue weighted by molar-refractivity contribution is -0.139. The predicted octanol–water partition coefficient (Wildman–Crippen LogP) is 2.17. The van der Waals surface area contributed by atoms with Crippen molar-refractivity contribution < 1.29 is 14.7 Å². The maximum absolute atomic E-state index is 12.1. The van der Waals surface area contributed by atoms with Crippen molar-refractivity contribution in [3.05, 3.63) is 0 Å². The molecule has 2 N–H and O–H groups in total. The van der Waals surface area contributed by atoms with Gasteiger partial charge in [0.25, 0.3) is 0 Å². The number of carbonyl (C=O) groups excluding carboxylic acids is 1. The molecule has 110 valence electrons. The van der Waals surface area contributed by atoms with Gasteiger partial charge < -0.3 is 15.3 Å². The Morgan fingerprint density at radius 2 is 1.95 bits per heavy atom. The van der Waals surface area contributed by atoms with Gasteiger partial charge in [-0.1, -0.05) is 27.7 Å². The van der Waals surface area contributed by atoms with Crippen LogP contribution in [0.4, 0.5) is 4.79 Å². The monoisotopic (exact) mass is 270 g/mol. The van der Waals surface area contributed by atoms with Gasteiger partial charge in [-0.25, -0.2) is 9.59 Å². The Hall–Kier alpha value is -1.26. The minimum Gasteiger partial charge on any atom is -0.480 e. The number of aliphatic carboxylic acids is 1. The largest absolute Gasteiger partial charge is 0.480 e. The van der Waals surface area contributed by atoms with Crippen molar-refractivity contribution in [3.8, 4) is 0 Å². The summed E-state index contributed by atoms with van der Waals surface area (Å²) >= 11 is 0. The molecule has 1 rings (SSSR count). The van der Waals surface area contributed by atoms with E-state index in [1.165, 1.54) is 0 Å². The van der Waals surface area contributed by atoms with E-state index in [1.807, 2.05) is 13.8 Å². The number of hydrogen-bond acceptors (Lipinski definition) is 2. The van der Waals surface area contributed by atoms with Crippen molar-refractivity contribution in [2.45, 2.75) is 46.6 Å². The maximum Gasteiger partial charge on any atom is 0.326 e. The van der Waals surface area contributed by atoms with Gasteiger partial charge in [0.2, 0.25) is 0 Å². The van der Waals surface area contributed by atoms with Crippen molar-refractivity contribution in [3.63, 3.8) is 0 Å². The number of carboxylic acids is 1. The van der Waals surface area contributed by atoms with E-state index in [1.54, 1.807) is 4.90 Å². The van der Waals surface area contributed by atoms with Crippen LogP contribution in [0.5, 0.6) is 0 Å². The Morgan fingerprint density at radius 3 is 2.42 bits per heavy atom. The van der Waals surface area contributed by atoms with Crippen LogP contribution in [0.1, 0.15) is 40.5 Å². The highest BCUT2D eigenvalue weighted by molar-refractivity contribution is 5.82. The minimum atomic E-state index is -0.958. The topological polar surface area (TPSA) is 69.6 Å². The SMILES string of the molecule is CC(C)C[C@H](NC(=O)N1CCC(C)C(C)C1)C(=O)O. The standard InChI is InChI=1S/C14H26N2O3/c1-9(2)7-12(13(17)18)15-14(19)16-6-5-10(3)11(4)8-16/h9-12H,5-8H2,1-4H3,(H,15,19)(H,17,18)/t10?,11?,12-/m0/s1. The highest BCUT2D eigenvalue weighted by atomic mass is 16.4. The van der Waals surface area contributed by atoms with Crippen LogP contribution in [0, 0.1) is 17.8 Å². The summed E-state index contributed by atoms with van der Waals surface area (Å²) in [5.74, 6) is 0.366. The Bertz CT molecular complexity index is 331. The number of piperidine rings is 1. The zero-order valence-electron chi connectivity index (χ0n) is 12.3. The first-order chi connectivity index (χ1) is 8.81. The van der Waals surface area contributed by atoms with E-state index in [2.05, 4.69) is 19.2 Å². The Kier molecular flexibility index (Phi) is 5.63. The van der Waals surface area contributed by atoms with Gasteiger partial charge in [-0.05, 0) is 30.6 Å². The summed E-state index contributed by atoms with van der Waals surface area (Å²) < 4.78 is 0. The number of hydrogen-bond donors (Lipinski definition) is 2. The fraction of sp³-hybridized carbons (Fsp3) is 0.857. The second-order valence-electron chi connectivity index (χ2n) is 6.16. The molecule has 5 nitrogen and oxygen atoms in total. The van der Waals surface area contributed by atoms with Gasteiger partial charge in [-0.2, -0.15) is 0 Å². The maximum atomic E-state index is 12.1. The summed E-state index contributed by atoms with van der Waals surface area (Å²) in [5.41, 5.74) is 0. The molecule has 3 atom stereocenters. The van der Waals surface area contributed by atoms with Crippen LogP contribution in [0.15, 0.2) is 0 Å². The van der Waals surface area contributed by atoms with Gasteiger partial charge in [0.1, 0.15) is 6.04 Å². The molecule has 1 aliphatic rings. The molecule has 0 spiro atoms. The summed E-state index contributed by atoms with van der Waals surface area (Å²) in [5, 5.41) is 11.8. The molecule has 1 heterocycles.